The Morgan fingerprint density at radius 2 is 2.16 bits per heavy atom. The molecule has 0 aliphatic rings. The lowest BCUT2D eigenvalue weighted by molar-refractivity contribution is -0.384. The maximum absolute atomic E-state index is 12.0. The Morgan fingerprint density at radius 1 is 1.53 bits per heavy atom. The first kappa shape index (κ1) is 15.8. The zero-order chi connectivity index (χ0) is 14.6. The molecule has 0 aliphatic heterocycles. The third kappa shape index (κ3) is 4.13. The summed E-state index contributed by atoms with van der Waals surface area (Å²) in [5, 5.41) is 10.6. The number of methoxy groups -OCH3 is 1. The molecule has 0 heterocycles. The van der Waals surface area contributed by atoms with E-state index in [1.165, 1.54) is 19.2 Å². The molecular formula is C10H13ClN2O5S. The van der Waals surface area contributed by atoms with E-state index in [0.717, 1.165) is 6.07 Å². The van der Waals surface area contributed by atoms with Crippen molar-refractivity contribution in [2.75, 3.05) is 13.7 Å². The van der Waals surface area contributed by atoms with E-state index < -0.39 is 26.7 Å². The van der Waals surface area contributed by atoms with Crippen LogP contribution in [0.1, 0.15) is 6.92 Å². The third-order valence-electron chi connectivity index (χ3n) is 2.20. The molecule has 0 aliphatic carbocycles. The van der Waals surface area contributed by atoms with Gasteiger partial charge in [-0.15, -0.1) is 0 Å². The molecule has 0 radical (unpaired) electrons. The van der Waals surface area contributed by atoms with Crippen molar-refractivity contribution in [1.29, 1.82) is 0 Å². The Morgan fingerprint density at radius 3 is 2.68 bits per heavy atom. The molecule has 0 fully saturated rings. The summed E-state index contributed by atoms with van der Waals surface area (Å²) in [5.74, 6) is 0. The van der Waals surface area contributed by atoms with Gasteiger partial charge in [0.15, 0.2) is 0 Å². The van der Waals surface area contributed by atoms with Gasteiger partial charge in [0.1, 0.15) is 5.02 Å². The lowest BCUT2D eigenvalue weighted by Gasteiger charge is -2.13. The standard InChI is InChI=1S/C10H13ClN2O5S/c1-7(6-18-2)12-19(16,17)8-3-4-9(11)10(5-8)13(14)15/h3-5,7,12H,6H2,1-2H3. The van der Waals surface area contributed by atoms with Gasteiger partial charge in [-0.25, -0.2) is 13.1 Å². The van der Waals surface area contributed by atoms with E-state index in [2.05, 4.69) is 4.72 Å². The van der Waals surface area contributed by atoms with Crippen molar-refractivity contribution in [2.45, 2.75) is 17.9 Å². The first-order chi connectivity index (χ1) is 8.77. The van der Waals surface area contributed by atoms with Crippen molar-refractivity contribution in [3.05, 3.63) is 33.3 Å². The highest BCUT2D eigenvalue weighted by molar-refractivity contribution is 7.89. The van der Waals surface area contributed by atoms with E-state index in [0.29, 0.717) is 0 Å². The number of hydrogen-bond donors (Lipinski definition) is 1. The largest absolute Gasteiger partial charge is 0.383 e. The Bertz CT molecular complexity index is 575. The lowest BCUT2D eigenvalue weighted by Crippen LogP contribution is -2.35. The Hall–Kier alpha value is -1.22. The summed E-state index contributed by atoms with van der Waals surface area (Å²) in [6, 6.07) is 2.85. The van der Waals surface area contributed by atoms with Gasteiger partial charge in [-0.1, -0.05) is 11.6 Å². The van der Waals surface area contributed by atoms with Crippen LogP contribution in [0.15, 0.2) is 23.1 Å². The molecule has 1 aromatic rings. The molecule has 0 spiro atoms. The second-order valence-electron chi connectivity index (χ2n) is 3.85. The van der Waals surface area contributed by atoms with Crippen LogP contribution in [0.4, 0.5) is 5.69 Å². The van der Waals surface area contributed by atoms with Crippen LogP contribution in [0.5, 0.6) is 0 Å². The minimum atomic E-state index is -3.85. The Balaban J connectivity index is 3.08. The predicted octanol–water partition coefficient (Wildman–Crippen LogP) is 1.56. The molecule has 7 nitrogen and oxygen atoms in total. The molecule has 1 aromatic carbocycles. The fourth-order valence-electron chi connectivity index (χ4n) is 1.42. The van der Waals surface area contributed by atoms with E-state index in [1.807, 2.05) is 0 Å². The zero-order valence-electron chi connectivity index (χ0n) is 10.3. The molecule has 1 N–H and O–H groups in total. The second-order valence-corrected chi connectivity index (χ2v) is 5.97. The summed E-state index contributed by atoms with van der Waals surface area (Å²) in [7, 11) is -2.41. The van der Waals surface area contributed by atoms with Crippen LogP contribution in [0.25, 0.3) is 0 Å². The lowest BCUT2D eigenvalue weighted by atomic mass is 10.3. The van der Waals surface area contributed by atoms with Gasteiger partial charge in [0, 0.05) is 19.2 Å². The molecule has 19 heavy (non-hydrogen) atoms. The maximum atomic E-state index is 12.0. The van der Waals surface area contributed by atoms with Crippen LogP contribution in [0, 0.1) is 10.1 Å². The molecule has 0 aromatic heterocycles. The van der Waals surface area contributed by atoms with E-state index in [4.69, 9.17) is 16.3 Å². The van der Waals surface area contributed by atoms with Gasteiger partial charge in [-0.3, -0.25) is 10.1 Å². The van der Waals surface area contributed by atoms with Gasteiger partial charge < -0.3 is 4.74 Å². The van der Waals surface area contributed by atoms with Crippen molar-refractivity contribution in [3.63, 3.8) is 0 Å². The summed E-state index contributed by atoms with van der Waals surface area (Å²) in [4.78, 5) is 9.76. The number of benzene rings is 1. The molecule has 0 saturated carbocycles. The molecule has 1 rings (SSSR count). The Kier molecular flexibility index (Phi) is 5.24. The molecule has 9 heteroatoms. The summed E-state index contributed by atoms with van der Waals surface area (Å²) in [6.45, 7) is 1.81. The van der Waals surface area contributed by atoms with Gasteiger partial charge in [0.05, 0.1) is 16.4 Å². The summed E-state index contributed by atoms with van der Waals surface area (Å²) >= 11 is 5.62. The minimum Gasteiger partial charge on any atom is -0.383 e. The number of sulfonamides is 1. The van der Waals surface area contributed by atoms with Crippen molar-refractivity contribution in [1.82, 2.24) is 4.72 Å². The van der Waals surface area contributed by atoms with Gasteiger partial charge >= 0.3 is 0 Å². The van der Waals surface area contributed by atoms with E-state index in [-0.39, 0.29) is 16.5 Å². The van der Waals surface area contributed by atoms with Gasteiger partial charge in [-0.05, 0) is 19.1 Å². The summed E-state index contributed by atoms with van der Waals surface area (Å²) < 4.78 is 31.1. The zero-order valence-corrected chi connectivity index (χ0v) is 11.9. The van der Waals surface area contributed by atoms with Crippen LogP contribution in [-0.2, 0) is 14.8 Å². The van der Waals surface area contributed by atoms with Crippen LogP contribution in [-0.4, -0.2) is 33.1 Å². The molecule has 0 saturated heterocycles. The minimum absolute atomic E-state index is 0.117. The van der Waals surface area contributed by atoms with E-state index in [1.54, 1.807) is 6.92 Å². The van der Waals surface area contributed by atoms with E-state index >= 15 is 0 Å². The first-order valence-corrected chi connectivity index (χ1v) is 7.09. The molecule has 0 bridgehead atoms. The van der Waals surface area contributed by atoms with Crippen molar-refractivity contribution < 1.29 is 18.1 Å². The number of nitro benzene ring substituents is 1. The second kappa shape index (κ2) is 6.29. The monoisotopic (exact) mass is 308 g/mol. The first-order valence-electron chi connectivity index (χ1n) is 5.23. The average Bonchev–Trinajstić information content (AvgIpc) is 2.28. The van der Waals surface area contributed by atoms with E-state index in [9.17, 15) is 18.5 Å². The SMILES string of the molecule is COCC(C)NS(=O)(=O)c1ccc(Cl)c([N+](=O)[O-])c1. The van der Waals surface area contributed by atoms with Gasteiger partial charge in [-0.2, -0.15) is 0 Å². The average molecular weight is 309 g/mol. The number of hydrogen-bond acceptors (Lipinski definition) is 5. The molecule has 1 unspecified atom stereocenters. The highest BCUT2D eigenvalue weighted by Crippen LogP contribution is 2.27. The fraction of sp³-hybridized carbons (Fsp3) is 0.400. The van der Waals surface area contributed by atoms with Crippen LogP contribution in [0.3, 0.4) is 0 Å². The van der Waals surface area contributed by atoms with Crippen molar-refractivity contribution >= 4 is 27.3 Å². The molecular weight excluding hydrogens is 296 g/mol. The van der Waals surface area contributed by atoms with Gasteiger partial charge in [0.25, 0.3) is 5.69 Å². The number of ether oxygens (including phenoxy) is 1. The molecule has 0 amide bonds. The smallest absolute Gasteiger partial charge is 0.289 e. The normalized spacial score (nSPS) is 13.2. The quantitative estimate of drug-likeness (QED) is 0.635. The Labute approximate surface area is 115 Å². The highest BCUT2D eigenvalue weighted by Gasteiger charge is 2.22. The summed E-state index contributed by atoms with van der Waals surface area (Å²) in [6.07, 6.45) is 0. The van der Waals surface area contributed by atoms with Crippen LogP contribution >= 0.6 is 11.6 Å². The summed E-state index contributed by atoms with van der Waals surface area (Å²) in [5.41, 5.74) is -0.455. The van der Waals surface area contributed by atoms with Crippen LogP contribution < -0.4 is 4.72 Å². The van der Waals surface area contributed by atoms with Crippen molar-refractivity contribution in [2.24, 2.45) is 0 Å². The number of nitrogens with zero attached hydrogens (tertiary/aromatic N) is 1. The van der Waals surface area contributed by atoms with Crippen LogP contribution in [0.2, 0.25) is 5.02 Å². The predicted molar refractivity (Wildman–Crippen MR) is 69.8 cm³/mol. The fourth-order valence-corrected chi connectivity index (χ4v) is 2.85. The number of rotatable bonds is 6. The number of nitro groups is 1. The molecule has 106 valence electrons. The third-order valence-corrected chi connectivity index (χ3v) is 4.10. The topological polar surface area (TPSA) is 98.5 Å². The molecule has 1 atom stereocenters. The van der Waals surface area contributed by atoms with Gasteiger partial charge in [0.2, 0.25) is 10.0 Å². The highest BCUT2D eigenvalue weighted by atomic mass is 35.5. The number of halogens is 1. The van der Waals surface area contributed by atoms with Crippen molar-refractivity contribution in [3.8, 4) is 0 Å². The number of nitrogens with one attached hydrogen (secondary N) is 1. The maximum Gasteiger partial charge on any atom is 0.289 e.